The van der Waals surface area contributed by atoms with Gasteiger partial charge >= 0.3 is 0 Å². The maximum absolute atomic E-state index is 5.16. The predicted molar refractivity (Wildman–Crippen MR) is 322 cm³/mol. The van der Waals surface area contributed by atoms with Crippen molar-refractivity contribution < 1.29 is 0 Å². The molecule has 0 saturated heterocycles. The fourth-order valence-electron chi connectivity index (χ4n) is 11.6. The van der Waals surface area contributed by atoms with Crippen LogP contribution in [0.3, 0.4) is 0 Å². The molecule has 2 heterocycles. The number of hydrogen-bond acceptors (Lipinski definition) is 4. The summed E-state index contributed by atoms with van der Waals surface area (Å²) in [5, 5.41) is 2.26. The van der Waals surface area contributed by atoms with Crippen LogP contribution >= 0.6 is 0 Å². The first kappa shape index (κ1) is 46.7. The molecular weight excluding hydrogens is 921 g/mol. The van der Waals surface area contributed by atoms with Gasteiger partial charge in [-0.1, -0.05) is 197 Å². The second-order valence-electron chi connectivity index (χ2n) is 21.7. The van der Waals surface area contributed by atoms with Crippen LogP contribution in [-0.2, 0) is 10.8 Å². The Morgan fingerprint density at radius 2 is 0.645 bits per heavy atom. The summed E-state index contributed by atoms with van der Waals surface area (Å²) in [7, 11) is 0. The number of fused-ring (bicyclic) bond motifs is 8. The Labute approximate surface area is 446 Å². The number of aromatic nitrogens is 2. The van der Waals surface area contributed by atoms with Gasteiger partial charge in [-0.15, -0.1) is 0 Å². The largest absolute Gasteiger partial charge is 0.295 e. The molecule has 0 unspecified atom stereocenters. The molecule has 0 bridgehead atoms. The number of rotatable bonds is 10. The molecule has 2 aliphatic carbocycles. The molecule has 0 N–H and O–H groups in total. The molecule has 4 heteroatoms. The van der Waals surface area contributed by atoms with Gasteiger partial charge in [0, 0.05) is 44.4 Å². The molecule has 0 spiro atoms. The lowest BCUT2D eigenvalue weighted by molar-refractivity contribution is 0.660. The molecule has 2 aromatic heterocycles. The van der Waals surface area contributed by atoms with Gasteiger partial charge in [-0.05, 0) is 166 Å². The molecule has 0 fully saturated rings. The Hall–Kier alpha value is -9.12. The van der Waals surface area contributed by atoms with Crippen LogP contribution in [0.2, 0.25) is 0 Å². The van der Waals surface area contributed by atoms with E-state index in [-0.39, 0.29) is 10.8 Å². The molecule has 13 rings (SSSR count). The maximum atomic E-state index is 5.16. The Balaban J connectivity index is 0.721. The van der Waals surface area contributed by atoms with Crippen LogP contribution in [0.15, 0.2) is 218 Å². The average Bonchev–Trinajstić information content (AvgIpc) is 4.00. The number of benzene rings is 9. The van der Waals surface area contributed by atoms with Crippen molar-refractivity contribution in [1.29, 1.82) is 0 Å². The topological polar surface area (TPSA) is 32.3 Å². The van der Waals surface area contributed by atoms with Crippen molar-refractivity contribution in [3.8, 4) is 22.3 Å². The molecule has 76 heavy (non-hydrogen) atoms. The van der Waals surface area contributed by atoms with E-state index in [4.69, 9.17) is 9.97 Å². The number of pyridine rings is 2. The molecule has 4 nitrogen and oxygen atoms in total. The zero-order valence-corrected chi connectivity index (χ0v) is 43.9. The summed E-state index contributed by atoms with van der Waals surface area (Å²) >= 11 is 0. The molecule has 11 aromatic rings. The van der Waals surface area contributed by atoms with Crippen molar-refractivity contribution in [3.63, 3.8) is 0 Å². The number of nitrogens with zero attached hydrogens (tertiary/aromatic N) is 4. The van der Waals surface area contributed by atoms with Crippen LogP contribution in [0.4, 0.5) is 34.4 Å². The van der Waals surface area contributed by atoms with E-state index >= 15 is 0 Å². The molecule has 366 valence electrons. The van der Waals surface area contributed by atoms with Crippen LogP contribution < -0.4 is 9.80 Å². The molecule has 0 saturated carbocycles. The Morgan fingerprint density at radius 1 is 0.316 bits per heavy atom. The van der Waals surface area contributed by atoms with E-state index in [0.717, 1.165) is 67.3 Å². The summed E-state index contributed by atoms with van der Waals surface area (Å²) in [5.74, 6) is 1.80. The Kier molecular flexibility index (Phi) is 11.3. The minimum absolute atomic E-state index is 0.197. The van der Waals surface area contributed by atoms with Crippen LogP contribution in [-0.4, -0.2) is 9.97 Å². The van der Waals surface area contributed by atoms with Crippen LogP contribution in [0.1, 0.15) is 83.3 Å². The molecule has 0 aliphatic heterocycles. The van der Waals surface area contributed by atoms with E-state index in [9.17, 15) is 0 Å². The predicted octanol–water partition coefficient (Wildman–Crippen LogP) is 19.3. The fraction of sp³-hybridized carbons (Fsp3) is 0.111. The van der Waals surface area contributed by atoms with E-state index in [2.05, 4.69) is 294 Å². The minimum atomic E-state index is -0.197. The molecular formula is C72H58N4. The van der Waals surface area contributed by atoms with E-state index in [1.165, 1.54) is 66.8 Å². The normalized spacial score (nSPS) is 13.8. The third-order valence-electron chi connectivity index (χ3n) is 16.0. The van der Waals surface area contributed by atoms with Gasteiger partial charge in [0.05, 0.1) is 11.0 Å². The summed E-state index contributed by atoms with van der Waals surface area (Å²) in [6, 6.07) is 79.3. The lowest BCUT2D eigenvalue weighted by atomic mass is 9.81. The van der Waals surface area contributed by atoms with E-state index < -0.39 is 0 Å². The Morgan fingerprint density at radius 3 is 1.05 bits per heavy atom. The lowest BCUT2D eigenvalue weighted by Gasteiger charge is -2.27. The molecule has 0 radical (unpaired) electrons. The molecule has 0 atom stereocenters. The summed E-state index contributed by atoms with van der Waals surface area (Å²) in [4.78, 5) is 14.9. The third-order valence-corrected chi connectivity index (χ3v) is 16.0. The highest BCUT2D eigenvalue weighted by molar-refractivity contribution is 5.90. The maximum Gasteiger partial charge on any atom is 0.138 e. The van der Waals surface area contributed by atoms with Crippen molar-refractivity contribution in [1.82, 2.24) is 9.97 Å². The quantitative estimate of drug-likeness (QED) is 0.128. The first-order valence-corrected chi connectivity index (χ1v) is 26.4. The fourth-order valence-corrected chi connectivity index (χ4v) is 11.6. The number of hydrogen-bond donors (Lipinski definition) is 0. The van der Waals surface area contributed by atoms with Crippen molar-refractivity contribution in [2.75, 3.05) is 9.80 Å². The molecule has 9 aromatic carbocycles. The van der Waals surface area contributed by atoms with Crippen LogP contribution in [0.5, 0.6) is 0 Å². The standard InChI is InChI=1S/C72H58N4/c1-47-15-31-55(32-16-47)75(69-41-29-53-11-7-9-13-67(53)73-69)57-35-39-61-59-37-27-51(43-63(59)71(3,4)65(61)45-57)25-23-49-19-21-50(22-20-49)24-26-52-28-38-60-62-40-36-58(46-66(62)72(5,6)64(60)44-52)76(56-33-17-48(2)18-34-56)70-42-30-54-12-8-10-14-68(54)74-70/h7-46H,1-6H3/b25-23+,26-24+. The summed E-state index contributed by atoms with van der Waals surface area (Å²) in [6.07, 6.45) is 8.94. The highest BCUT2D eigenvalue weighted by Crippen LogP contribution is 2.53. The van der Waals surface area contributed by atoms with Gasteiger partial charge in [0.25, 0.3) is 0 Å². The number of para-hydroxylation sites is 2. The van der Waals surface area contributed by atoms with E-state index in [0.29, 0.717) is 0 Å². The van der Waals surface area contributed by atoms with Crippen LogP contribution in [0, 0.1) is 13.8 Å². The molecule has 0 amide bonds. The van der Waals surface area contributed by atoms with E-state index in [1.54, 1.807) is 0 Å². The lowest BCUT2D eigenvalue weighted by Crippen LogP contribution is -2.17. The Bertz CT molecular complexity index is 3850. The third kappa shape index (κ3) is 8.27. The first-order chi connectivity index (χ1) is 36.9. The van der Waals surface area contributed by atoms with Crippen molar-refractivity contribution in [2.24, 2.45) is 0 Å². The molecule has 2 aliphatic rings. The second-order valence-corrected chi connectivity index (χ2v) is 21.7. The minimum Gasteiger partial charge on any atom is -0.295 e. The van der Waals surface area contributed by atoms with E-state index in [1.807, 2.05) is 0 Å². The smallest absolute Gasteiger partial charge is 0.138 e. The van der Waals surface area contributed by atoms with Gasteiger partial charge < -0.3 is 0 Å². The SMILES string of the molecule is Cc1ccc(N(c2ccc3c(c2)C(C)(C)c2cc(/C=C/c4ccc(/C=C/c5ccc6c(c5)C(C)(C)c5cc(N(c7ccc(C)cc7)c7ccc8ccccc8n7)ccc5-6)cc4)ccc2-3)c2ccc3ccccc3n2)cc1. The van der Waals surface area contributed by atoms with Gasteiger partial charge in [-0.25, -0.2) is 9.97 Å². The number of anilines is 6. The van der Waals surface area contributed by atoms with Crippen molar-refractivity contribution >= 4 is 80.5 Å². The highest BCUT2D eigenvalue weighted by atomic mass is 15.2. The number of aryl methyl sites for hydroxylation is 2. The first-order valence-electron chi connectivity index (χ1n) is 26.4. The monoisotopic (exact) mass is 978 g/mol. The van der Waals surface area contributed by atoms with Gasteiger partial charge in [0.1, 0.15) is 11.6 Å². The summed E-state index contributed by atoms with van der Waals surface area (Å²) < 4.78 is 0. The van der Waals surface area contributed by atoms with Crippen molar-refractivity contribution in [3.05, 3.63) is 274 Å². The zero-order valence-electron chi connectivity index (χ0n) is 43.9. The van der Waals surface area contributed by atoms with Gasteiger partial charge in [-0.2, -0.15) is 0 Å². The second kappa shape index (κ2) is 18.4. The van der Waals surface area contributed by atoms with Gasteiger partial charge in [0.15, 0.2) is 0 Å². The summed E-state index contributed by atoms with van der Waals surface area (Å²) in [6.45, 7) is 13.7. The van der Waals surface area contributed by atoms with Gasteiger partial charge in [0.2, 0.25) is 0 Å². The average molecular weight is 979 g/mol. The summed E-state index contributed by atoms with van der Waals surface area (Å²) in [5.41, 5.74) is 23.6. The highest BCUT2D eigenvalue weighted by Gasteiger charge is 2.38. The van der Waals surface area contributed by atoms with Gasteiger partial charge in [-0.3, -0.25) is 9.80 Å². The van der Waals surface area contributed by atoms with Crippen LogP contribution in [0.25, 0.3) is 68.4 Å². The van der Waals surface area contributed by atoms with Crippen molar-refractivity contribution in [2.45, 2.75) is 52.4 Å². The zero-order chi connectivity index (χ0) is 51.7.